The summed E-state index contributed by atoms with van der Waals surface area (Å²) in [7, 11) is 0. The molecule has 2 aliphatic rings. The van der Waals surface area contributed by atoms with E-state index in [1.54, 1.807) is 11.8 Å². The Bertz CT molecular complexity index is 324. The Kier molecular flexibility index (Phi) is 3.97. The average Bonchev–Trinajstić information content (AvgIpc) is 2.61. The van der Waals surface area contributed by atoms with Crippen molar-refractivity contribution in [3.8, 4) is 0 Å². The summed E-state index contributed by atoms with van der Waals surface area (Å²) < 4.78 is 0. The van der Waals surface area contributed by atoms with Gasteiger partial charge in [-0.3, -0.25) is 9.79 Å². The maximum Gasteiger partial charge on any atom is 0.219 e. The van der Waals surface area contributed by atoms with Gasteiger partial charge < -0.3 is 11.1 Å². The zero-order valence-corrected chi connectivity index (χ0v) is 11.2. The number of carbonyl (C=O) groups is 1. The van der Waals surface area contributed by atoms with E-state index in [-0.39, 0.29) is 17.5 Å². The maximum absolute atomic E-state index is 10.8. The predicted molar refractivity (Wildman–Crippen MR) is 72.1 cm³/mol. The monoisotopic (exact) mass is 255 g/mol. The van der Waals surface area contributed by atoms with Gasteiger partial charge in [-0.15, -0.1) is 0 Å². The molecular formula is C12H21N3OS. The molecule has 2 rings (SSSR count). The molecule has 96 valence electrons. The Hall–Kier alpha value is -0.710. The number of amidine groups is 1. The van der Waals surface area contributed by atoms with Crippen molar-refractivity contribution in [1.29, 1.82) is 0 Å². The molecule has 4 nitrogen and oxygen atoms in total. The number of nitrogens with two attached hydrogens (primary N) is 1. The lowest BCUT2D eigenvalue weighted by Crippen LogP contribution is -2.45. The molecule has 1 heterocycles. The van der Waals surface area contributed by atoms with E-state index in [2.05, 4.69) is 10.3 Å². The van der Waals surface area contributed by atoms with Crippen LogP contribution in [0.2, 0.25) is 0 Å². The average molecular weight is 255 g/mol. The van der Waals surface area contributed by atoms with Gasteiger partial charge in [0.25, 0.3) is 0 Å². The molecule has 1 spiro atoms. The van der Waals surface area contributed by atoms with Crippen LogP contribution >= 0.6 is 11.8 Å². The number of aliphatic imine (C=N–C) groups is 1. The van der Waals surface area contributed by atoms with Gasteiger partial charge in [0.1, 0.15) is 0 Å². The molecule has 1 atom stereocenters. The highest BCUT2D eigenvalue weighted by atomic mass is 32.2. The van der Waals surface area contributed by atoms with Gasteiger partial charge in [-0.05, 0) is 19.8 Å². The Labute approximate surface area is 107 Å². The zero-order chi connectivity index (χ0) is 12.3. The quantitative estimate of drug-likeness (QED) is 0.805. The van der Waals surface area contributed by atoms with Crippen LogP contribution in [0.25, 0.3) is 0 Å². The number of amides is 1. The molecule has 1 amide bonds. The molecule has 0 aromatic heterocycles. The first-order valence-electron chi connectivity index (χ1n) is 6.37. The van der Waals surface area contributed by atoms with Crippen molar-refractivity contribution in [1.82, 2.24) is 5.32 Å². The predicted octanol–water partition coefficient (Wildman–Crippen LogP) is 1.65. The number of carbonyl (C=O) groups excluding carboxylic acids is 1. The lowest BCUT2D eigenvalue weighted by molar-refractivity contribution is -0.118. The smallest absolute Gasteiger partial charge is 0.219 e. The molecule has 3 N–H and O–H groups in total. The summed E-state index contributed by atoms with van der Waals surface area (Å²) in [5.74, 6) is 0.840. The maximum atomic E-state index is 10.8. The largest absolute Gasteiger partial charge is 0.370 e. The van der Waals surface area contributed by atoms with E-state index in [1.165, 1.54) is 32.1 Å². The van der Waals surface area contributed by atoms with Crippen molar-refractivity contribution in [3.05, 3.63) is 0 Å². The third-order valence-corrected chi connectivity index (χ3v) is 4.68. The summed E-state index contributed by atoms with van der Waals surface area (Å²) in [5.41, 5.74) is 5.45. The van der Waals surface area contributed by atoms with Crippen LogP contribution in [-0.2, 0) is 4.79 Å². The zero-order valence-electron chi connectivity index (χ0n) is 10.4. The van der Waals surface area contributed by atoms with Crippen LogP contribution in [0.15, 0.2) is 4.99 Å². The Balaban J connectivity index is 1.92. The van der Waals surface area contributed by atoms with Gasteiger partial charge in [-0.2, -0.15) is 0 Å². The molecule has 0 bridgehead atoms. The van der Waals surface area contributed by atoms with Crippen LogP contribution in [-0.4, -0.2) is 28.4 Å². The second-order valence-electron chi connectivity index (χ2n) is 5.21. The first-order chi connectivity index (χ1) is 8.10. The van der Waals surface area contributed by atoms with E-state index in [9.17, 15) is 4.79 Å². The third kappa shape index (κ3) is 3.37. The summed E-state index contributed by atoms with van der Waals surface area (Å²) in [5, 5.41) is 4.57. The van der Waals surface area contributed by atoms with Crippen molar-refractivity contribution >= 4 is 22.8 Å². The second kappa shape index (κ2) is 5.29. The fourth-order valence-electron chi connectivity index (χ4n) is 2.61. The molecule has 1 saturated carbocycles. The highest BCUT2D eigenvalue weighted by Crippen LogP contribution is 2.36. The first-order valence-corrected chi connectivity index (χ1v) is 7.35. The van der Waals surface area contributed by atoms with Crippen molar-refractivity contribution in [2.45, 2.75) is 57.0 Å². The molecule has 0 aromatic rings. The fraction of sp³-hybridized carbons (Fsp3) is 0.833. The van der Waals surface area contributed by atoms with Crippen molar-refractivity contribution in [2.75, 3.05) is 5.75 Å². The van der Waals surface area contributed by atoms with Crippen molar-refractivity contribution in [2.24, 2.45) is 10.7 Å². The summed E-state index contributed by atoms with van der Waals surface area (Å²) in [6, 6.07) is -0.0127. The number of primary amides is 1. The molecule has 1 unspecified atom stereocenters. The minimum Gasteiger partial charge on any atom is -0.370 e. The number of hydrogen-bond acceptors (Lipinski definition) is 3. The third-order valence-electron chi connectivity index (χ3n) is 3.50. The number of nitrogens with zero attached hydrogens (tertiary/aromatic N) is 1. The molecule has 1 aliphatic carbocycles. The standard InChI is InChI=1S/C12H21N3OS/c1-9(7-10(13)16)14-11-15-12(8-17-11)5-3-2-4-6-12/h9H,2-8H2,1H3,(H2,13,16)(H,14,15). The van der Waals surface area contributed by atoms with Gasteiger partial charge in [0, 0.05) is 17.7 Å². The minimum atomic E-state index is -0.280. The molecule has 2 fully saturated rings. The highest BCUT2D eigenvalue weighted by molar-refractivity contribution is 8.14. The van der Waals surface area contributed by atoms with Crippen LogP contribution in [0, 0.1) is 0 Å². The topological polar surface area (TPSA) is 67.5 Å². The summed E-state index contributed by atoms with van der Waals surface area (Å²) in [6.45, 7) is 1.94. The van der Waals surface area contributed by atoms with E-state index in [0.717, 1.165) is 10.9 Å². The lowest BCUT2D eigenvalue weighted by Gasteiger charge is -2.32. The van der Waals surface area contributed by atoms with E-state index in [0.29, 0.717) is 6.42 Å². The summed E-state index contributed by atoms with van der Waals surface area (Å²) in [4.78, 5) is 15.3. The first kappa shape index (κ1) is 12.7. The van der Waals surface area contributed by atoms with E-state index < -0.39 is 0 Å². The van der Waals surface area contributed by atoms with Crippen LogP contribution < -0.4 is 11.1 Å². The molecule has 0 radical (unpaired) electrons. The van der Waals surface area contributed by atoms with Gasteiger partial charge in [-0.1, -0.05) is 31.0 Å². The van der Waals surface area contributed by atoms with Crippen molar-refractivity contribution < 1.29 is 4.79 Å². The van der Waals surface area contributed by atoms with Gasteiger partial charge in [0.05, 0.1) is 6.04 Å². The molecule has 1 aliphatic heterocycles. The summed E-state index contributed by atoms with van der Waals surface area (Å²) in [6.07, 6.45) is 6.83. The van der Waals surface area contributed by atoms with Gasteiger partial charge in [-0.25, -0.2) is 0 Å². The fourth-order valence-corrected chi connectivity index (χ4v) is 3.93. The number of nitrogens with one attached hydrogen (secondary N) is 1. The van der Waals surface area contributed by atoms with E-state index >= 15 is 0 Å². The number of rotatable bonds is 3. The molecule has 5 heteroatoms. The van der Waals surface area contributed by atoms with Gasteiger partial charge in [0.2, 0.25) is 5.91 Å². The molecule has 0 aromatic carbocycles. The van der Waals surface area contributed by atoms with Crippen LogP contribution in [0.3, 0.4) is 0 Å². The van der Waals surface area contributed by atoms with Crippen LogP contribution in [0.5, 0.6) is 0 Å². The minimum absolute atomic E-state index is 0.0127. The number of thioether (sulfide) groups is 1. The van der Waals surface area contributed by atoms with Crippen LogP contribution in [0.1, 0.15) is 45.4 Å². The lowest BCUT2D eigenvalue weighted by atomic mass is 9.83. The number of hydrogen-bond donors (Lipinski definition) is 2. The van der Waals surface area contributed by atoms with Gasteiger partial charge in [0.15, 0.2) is 5.17 Å². The summed E-state index contributed by atoms with van der Waals surface area (Å²) >= 11 is 1.79. The highest BCUT2D eigenvalue weighted by Gasteiger charge is 2.38. The van der Waals surface area contributed by atoms with Crippen LogP contribution in [0.4, 0.5) is 0 Å². The van der Waals surface area contributed by atoms with E-state index in [4.69, 9.17) is 5.73 Å². The SMILES string of the molecule is CC(CC(N)=O)N=C1NC2(CCCCC2)CS1. The molecule has 1 saturated heterocycles. The molecular weight excluding hydrogens is 234 g/mol. The van der Waals surface area contributed by atoms with Gasteiger partial charge >= 0.3 is 0 Å². The van der Waals surface area contributed by atoms with Crippen molar-refractivity contribution in [3.63, 3.8) is 0 Å². The normalized spacial score (nSPS) is 27.0. The second-order valence-corrected chi connectivity index (χ2v) is 6.17. The Morgan fingerprint density at radius 1 is 1.53 bits per heavy atom. The van der Waals surface area contributed by atoms with E-state index in [1.807, 2.05) is 6.92 Å². The Morgan fingerprint density at radius 2 is 2.24 bits per heavy atom. The Morgan fingerprint density at radius 3 is 2.88 bits per heavy atom. The molecule has 17 heavy (non-hydrogen) atoms.